The maximum Gasteiger partial charge on any atom is 0.231 e. The van der Waals surface area contributed by atoms with E-state index < -0.39 is 6.10 Å². The van der Waals surface area contributed by atoms with Gasteiger partial charge in [0.2, 0.25) is 6.79 Å². The maximum absolute atomic E-state index is 10.1. The van der Waals surface area contributed by atoms with Crippen LogP contribution in [0.15, 0.2) is 18.2 Å². The minimum Gasteiger partial charge on any atom is -0.454 e. The zero-order valence-corrected chi connectivity index (χ0v) is 13.1. The van der Waals surface area contributed by atoms with Gasteiger partial charge in [-0.15, -0.1) is 0 Å². The molecule has 0 aliphatic carbocycles. The first-order chi connectivity index (χ1) is 10.7. The molecular formula is C16H26N2O4+2. The Labute approximate surface area is 131 Å². The van der Waals surface area contributed by atoms with Crippen LogP contribution in [-0.4, -0.2) is 64.4 Å². The van der Waals surface area contributed by atoms with Crippen molar-refractivity contribution in [3.05, 3.63) is 23.8 Å². The summed E-state index contributed by atoms with van der Waals surface area (Å²) in [4.78, 5) is 3.06. The summed E-state index contributed by atoms with van der Waals surface area (Å²) in [6, 6.07) is 5.80. The summed E-state index contributed by atoms with van der Waals surface area (Å²) in [7, 11) is 2.22. The summed E-state index contributed by atoms with van der Waals surface area (Å²) >= 11 is 0. The normalized spacial score (nSPS) is 25.2. The van der Waals surface area contributed by atoms with E-state index in [9.17, 15) is 5.11 Å². The Bertz CT molecular complexity index is 489. The van der Waals surface area contributed by atoms with Gasteiger partial charge in [0.25, 0.3) is 0 Å². The van der Waals surface area contributed by atoms with Gasteiger partial charge in [0.05, 0.1) is 20.3 Å². The molecule has 0 amide bonds. The number of rotatable bonds is 6. The molecule has 1 atom stereocenters. The summed E-state index contributed by atoms with van der Waals surface area (Å²) in [6.45, 7) is 6.54. The van der Waals surface area contributed by atoms with E-state index in [4.69, 9.17) is 14.2 Å². The number of hydrogen-bond donors (Lipinski definition) is 3. The molecule has 0 saturated carbocycles. The summed E-state index contributed by atoms with van der Waals surface area (Å²) in [6.07, 6.45) is -0.401. The second-order valence-corrected chi connectivity index (χ2v) is 6.27. The van der Waals surface area contributed by atoms with Crippen LogP contribution in [0.5, 0.6) is 11.5 Å². The highest BCUT2D eigenvalue weighted by molar-refractivity contribution is 5.44. The quantitative estimate of drug-likeness (QED) is 0.553. The van der Waals surface area contributed by atoms with Gasteiger partial charge in [-0.1, -0.05) is 6.07 Å². The summed E-state index contributed by atoms with van der Waals surface area (Å²) in [5.41, 5.74) is 1.03. The Kier molecular flexibility index (Phi) is 5.15. The van der Waals surface area contributed by atoms with Gasteiger partial charge in [0.1, 0.15) is 38.8 Å². The van der Waals surface area contributed by atoms with Gasteiger partial charge in [-0.2, -0.15) is 0 Å². The van der Waals surface area contributed by atoms with Crippen LogP contribution in [0.3, 0.4) is 0 Å². The van der Waals surface area contributed by atoms with Gasteiger partial charge in [0.15, 0.2) is 11.5 Å². The highest BCUT2D eigenvalue weighted by atomic mass is 16.7. The maximum atomic E-state index is 10.1. The Morgan fingerprint density at radius 1 is 1.18 bits per heavy atom. The number of benzene rings is 1. The molecule has 3 rings (SSSR count). The van der Waals surface area contributed by atoms with Crippen LogP contribution in [0.1, 0.15) is 5.56 Å². The Balaban J connectivity index is 1.37. The number of nitrogens with one attached hydrogen (secondary N) is 2. The van der Waals surface area contributed by atoms with Crippen molar-refractivity contribution in [3.8, 4) is 11.5 Å². The smallest absolute Gasteiger partial charge is 0.231 e. The first-order valence-corrected chi connectivity index (χ1v) is 8.00. The topological polar surface area (TPSA) is 56.8 Å². The molecule has 2 heterocycles. The fourth-order valence-corrected chi connectivity index (χ4v) is 2.97. The lowest BCUT2D eigenvalue weighted by molar-refractivity contribution is -1.00. The number of hydrogen-bond acceptors (Lipinski definition) is 4. The number of aliphatic hydroxyl groups excluding tert-OH is 1. The third-order valence-corrected chi connectivity index (χ3v) is 4.35. The predicted molar refractivity (Wildman–Crippen MR) is 80.4 cm³/mol. The molecule has 1 unspecified atom stereocenters. The minimum absolute atomic E-state index is 0.286. The van der Waals surface area contributed by atoms with Crippen LogP contribution in [-0.2, 0) is 11.3 Å². The largest absolute Gasteiger partial charge is 0.454 e. The Morgan fingerprint density at radius 3 is 2.77 bits per heavy atom. The van der Waals surface area contributed by atoms with E-state index in [1.54, 1.807) is 4.90 Å². The van der Waals surface area contributed by atoms with Crippen molar-refractivity contribution >= 4 is 0 Å². The van der Waals surface area contributed by atoms with Crippen molar-refractivity contribution in [2.45, 2.75) is 12.7 Å². The molecule has 1 aromatic rings. The van der Waals surface area contributed by atoms with Gasteiger partial charge in [-0.05, 0) is 17.7 Å². The molecule has 3 N–H and O–H groups in total. The monoisotopic (exact) mass is 310 g/mol. The second-order valence-electron chi connectivity index (χ2n) is 6.27. The van der Waals surface area contributed by atoms with Crippen LogP contribution in [0.4, 0.5) is 0 Å². The predicted octanol–water partition coefficient (Wildman–Crippen LogP) is -2.29. The SMILES string of the molecule is C[NH+]1CC[NH+](CC(O)COCc2ccc3c(c2)OCO3)CC1. The third-order valence-electron chi connectivity index (χ3n) is 4.35. The van der Waals surface area contributed by atoms with Crippen LogP contribution in [0.2, 0.25) is 0 Å². The summed E-state index contributed by atoms with van der Waals surface area (Å²) < 4.78 is 16.3. The average molecular weight is 310 g/mol. The lowest BCUT2D eigenvalue weighted by Gasteiger charge is -2.28. The lowest BCUT2D eigenvalue weighted by atomic mass is 10.2. The second kappa shape index (κ2) is 7.28. The van der Waals surface area contributed by atoms with E-state index in [1.165, 1.54) is 18.0 Å². The molecule has 1 fully saturated rings. The molecule has 0 spiro atoms. The van der Waals surface area contributed by atoms with Crippen LogP contribution >= 0.6 is 0 Å². The lowest BCUT2D eigenvalue weighted by Crippen LogP contribution is -3.27. The summed E-state index contributed by atoms with van der Waals surface area (Å²) in [5.74, 6) is 1.55. The van der Waals surface area contributed by atoms with Gasteiger partial charge in [-0.25, -0.2) is 0 Å². The van der Waals surface area contributed by atoms with Gasteiger partial charge in [0, 0.05) is 0 Å². The number of quaternary nitrogens is 2. The van der Waals surface area contributed by atoms with E-state index in [-0.39, 0.29) is 6.79 Å². The van der Waals surface area contributed by atoms with E-state index in [0.29, 0.717) is 13.2 Å². The Hall–Kier alpha value is -1.34. The van der Waals surface area contributed by atoms with Crippen molar-refractivity contribution in [2.75, 3.05) is 53.2 Å². The molecule has 122 valence electrons. The zero-order chi connectivity index (χ0) is 15.4. The average Bonchev–Trinajstić information content (AvgIpc) is 2.97. The van der Waals surface area contributed by atoms with Gasteiger partial charge >= 0.3 is 0 Å². The number of aliphatic hydroxyl groups is 1. The number of likely N-dealkylation sites (N-methyl/N-ethyl adjacent to an activating group) is 1. The third kappa shape index (κ3) is 4.10. The molecule has 0 aromatic heterocycles. The molecule has 6 heteroatoms. The fraction of sp³-hybridized carbons (Fsp3) is 0.625. The highest BCUT2D eigenvalue weighted by Crippen LogP contribution is 2.32. The summed E-state index contributed by atoms with van der Waals surface area (Å²) in [5, 5.41) is 10.1. The van der Waals surface area contributed by atoms with E-state index in [1.807, 2.05) is 18.2 Å². The first-order valence-electron chi connectivity index (χ1n) is 8.00. The molecule has 1 aromatic carbocycles. The van der Waals surface area contributed by atoms with Gasteiger partial charge in [-0.3, -0.25) is 0 Å². The molecule has 0 radical (unpaired) electrons. The molecule has 0 bridgehead atoms. The number of ether oxygens (including phenoxy) is 3. The minimum atomic E-state index is -0.401. The molecule has 22 heavy (non-hydrogen) atoms. The molecule has 6 nitrogen and oxygen atoms in total. The molecular weight excluding hydrogens is 284 g/mol. The molecule has 2 aliphatic rings. The van der Waals surface area contributed by atoms with E-state index >= 15 is 0 Å². The van der Waals surface area contributed by atoms with E-state index in [0.717, 1.165) is 36.7 Å². The standard InChI is InChI=1S/C16H24N2O4/c1-17-4-6-18(7-5-17)9-14(19)11-20-10-13-2-3-15-16(8-13)22-12-21-15/h2-3,8,14,19H,4-7,9-12H2,1H3/p+2. The van der Waals surface area contributed by atoms with Crippen molar-refractivity contribution in [2.24, 2.45) is 0 Å². The Morgan fingerprint density at radius 2 is 1.95 bits per heavy atom. The molecule has 2 aliphatic heterocycles. The van der Waals surface area contributed by atoms with E-state index in [2.05, 4.69) is 7.05 Å². The molecule has 1 saturated heterocycles. The van der Waals surface area contributed by atoms with Gasteiger partial charge < -0.3 is 29.1 Å². The number of piperazine rings is 1. The van der Waals surface area contributed by atoms with Crippen molar-refractivity contribution in [1.29, 1.82) is 0 Å². The van der Waals surface area contributed by atoms with Crippen molar-refractivity contribution in [3.63, 3.8) is 0 Å². The van der Waals surface area contributed by atoms with Crippen LogP contribution in [0, 0.1) is 0 Å². The highest BCUT2D eigenvalue weighted by Gasteiger charge is 2.22. The van der Waals surface area contributed by atoms with Crippen LogP contribution < -0.4 is 19.3 Å². The van der Waals surface area contributed by atoms with Crippen molar-refractivity contribution < 1.29 is 29.1 Å². The van der Waals surface area contributed by atoms with Crippen LogP contribution in [0.25, 0.3) is 0 Å². The zero-order valence-electron chi connectivity index (χ0n) is 13.1. The fourth-order valence-electron chi connectivity index (χ4n) is 2.97. The first kappa shape index (κ1) is 15.6. The number of fused-ring (bicyclic) bond motifs is 1. The van der Waals surface area contributed by atoms with Crippen molar-refractivity contribution in [1.82, 2.24) is 0 Å².